The summed E-state index contributed by atoms with van der Waals surface area (Å²) in [5, 5.41) is 0. The van der Waals surface area contributed by atoms with Gasteiger partial charge in [0.2, 0.25) is 11.8 Å². The molecule has 0 aliphatic carbocycles. The minimum atomic E-state index is 0. The fourth-order valence-corrected chi connectivity index (χ4v) is 3.62. The molecule has 2 N–H and O–H groups in total. The molecule has 6 heteroatoms. The number of halogens is 1. The van der Waals surface area contributed by atoms with Crippen LogP contribution in [-0.4, -0.2) is 11.1 Å². The number of nitrogens with two attached hydrogens (primary N) is 1. The van der Waals surface area contributed by atoms with E-state index in [-0.39, 0.29) is 18.5 Å². The molecule has 1 aromatic heterocycles. The van der Waals surface area contributed by atoms with E-state index in [1.807, 2.05) is 105 Å². The van der Waals surface area contributed by atoms with Crippen LogP contribution < -0.4 is 19.9 Å². The monoisotopic (exact) mass is 490 g/mol. The minimum absolute atomic E-state index is 0. The SMILES string of the molecule is CC(C)Oc1ccc(-c2ccc(OCc3ccccc3)nc2OCc2ccccc2)c(CN)c1.Cl. The molecule has 0 spiro atoms. The third-order valence-electron chi connectivity index (χ3n) is 5.24. The summed E-state index contributed by atoms with van der Waals surface area (Å²) in [6.07, 6.45) is 0.0870. The van der Waals surface area contributed by atoms with Crippen molar-refractivity contribution in [3.63, 3.8) is 0 Å². The second-order valence-corrected chi connectivity index (χ2v) is 8.24. The first-order valence-corrected chi connectivity index (χ1v) is 11.5. The number of rotatable bonds is 10. The van der Waals surface area contributed by atoms with E-state index in [9.17, 15) is 0 Å². The van der Waals surface area contributed by atoms with Gasteiger partial charge in [0.15, 0.2) is 0 Å². The van der Waals surface area contributed by atoms with E-state index >= 15 is 0 Å². The fourth-order valence-electron chi connectivity index (χ4n) is 3.62. The first-order valence-electron chi connectivity index (χ1n) is 11.5. The van der Waals surface area contributed by atoms with Crippen LogP contribution in [0.15, 0.2) is 91.0 Å². The predicted molar refractivity (Wildman–Crippen MR) is 142 cm³/mol. The number of nitrogens with zero attached hydrogens (tertiary/aromatic N) is 1. The molecule has 35 heavy (non-hydrogen) atoms. The zero-order valence-corrected chi connectivity index (χ0v) is 20.8. The zero-order valence-electron chi connectivity index (χ0n) is 20.0. The Labute approximate surface area is 213 Å². The first kappa shape index (κ1) is 26.1. The van der Waals surface area contributed by atoms with Crippen LogP contribution in [0, 0.1) is 0 Å². The lowest BCUT2D eigenvalue weighted by atomic mass is 10.00. The van der Waals surface area contributed by atoms with Crippen molar-refractivity contribution in [2.45, 2.75) is 39.7 Å². The Morgan fingerprint density at radius 2 is 1.34 bits per heavy atom. The van der Waals surface area contributed by atoms with E-state index in [0.29, 0.717) is 31.5 Å². The van der Waals surface area contributed by atoms with Gasteiger partial charge in [-0.15, -0.1) is 12.4 Å². The maximum atomic E-state index is 6.20. The van der Waals surface area contributed by atoms with Crippen LogP contribution in [-0.2, 0) is 19.8 Å². The van der Waals surface area contributed by atoms with Crippen molar-refractivity contribution < 1.29 is 14.2 Å². The second-order valence-electron chi connectivity index (χ2n) is 8.24. The molecule has 0 saturated carbocycles. The molecule has 1 heterocycles. The lowest BCUT2D eigenvalue weighted by Crippen LogP contribution is -2.07. The molecule has 3 aromatic carbocycles. The summed E-state index contributed by atoms with van der Waals surface area (Å²) >= 11 is 0. The Kier molecular flexibility index (Phi) is 9.53. The van der Waals surface area contributed by atoms with Gasteiger partial charge >= 0.3 is 0 Å². The summed E-state index contributed by atoms with van der Waals surface area (Å²) in [4.78, 5) is 4.71. The molecule has 4 aromatic rings. The number of hydrogen-bond acceptors (Lipinski definition) is 5. The molecule has 0 bridgehead atoms. The molecule has 0 atom stereocenters. The Bertz CT molecular complexity index is 1200. The molecule has 0 fully saturated rings. The van der Waals surface area contributed by atoms with Gasteiger partial charge in [-0.3, -0.25) is 0 Å². The van der Waals surface area contributed by atoms with Gasteiger partial charge in [0.25, 0.3) is 0 Å². The average Bonchev–Trinajstić information content (AvgIpc) is 2.87. The van der Waals surface area contributed by atoms with Crippen molar-refractivity contribution >= 4 is 12.4 Å². The highest BCUT2D eigenvalue weighted by Gasteiger charge is 2.15. The van der Waals surface area contributed by atoms with Gasteiger partial charge in [0.05, 0.1) is 6.10 Å². The third-order valence-corrected chi connectivity index (χ3v) is 5.24. The average molecular weight is 491 g/mol. The lowest BCUT2D eigenvalue weighted by Gasteiger charge is -2.17. The van der Waals surface area contributed by atoms with Crippen LogP contribution >= 0.6 is 12.4 Å². The summed E-state index contributed by atoms with van der Waals surface area (Å²) in [6, 6.07) is 29.8. The number of hydrogen-bond donors (Lipinski definition) is 1. The molecular formula is C29H31ClN2O3. The normalized spacial score (nSPS) is 10.5. The Balaban J connectivity index is 0.00000342. The van der Waals surface area contributed by atoms with Gasteiger partial charge < -0.3 is 19.9 Å². The summed E-state index contributed by atoms with van der Waals surface area (Å²) in [6.45, 7) is 5.21. The zero-order chi connectivity index (χ0) is 23.8. The Hall–Kier alpha value is -3.54. The van der Waals surface area contributed by atoms with E-state index < -0.39 is 0 Å². The third kappa shape index (κ3) is 7.22. The van der Waals surface area contributed by atoms with Crippen molar-refractivity contribution in [1.29, 1.82) is 0 Å². The summed E-state index contributed by atoms with van der Waals surface area (Å²) in [5.41, 5.74) is 11.0. The van der Waals surface area contributed by atoms with Gasteiger partial charge in [-0.1, -0.05) is 66.7 Å². The summed E-state index contributed by atoms with van der Waals surface area (Å²) in [7, 11) is 0. The summed E-state index contributed by atoms with van der Waals surface area (Å²) in [5.74, 6) is 1.80. The largest absolute Gasteiger partial charge is 0.491 e. The van der Waals surface area contributed by atoms with Crippen LogP contribution in [0.4, 0.5) is 0 Å². The molecule has 0 unspecified atom stereocenters. The van der Waals surface area contributed by atoms with Gasteiger partial charge in [-0.05, 0) is 54.3 Å². The van der Waals surface area contributed by atoms with Crippen molar-refractivity contribution in [3.8, 4) is 28.6 Å². The van der Waals surface area contributed by atoms with Gasteiger partial charge in [0, 0.05) is 18.2 Å². The molecule has 0 amide bonds. The minimum Gasteiger partial charge on any atom is -0.491 e. The van der Waals surface area contributed by atoms with E-state index in [0.717, 1.165) is 33.6 Å². The van der Waals surface area contributed by atoms with E-state index in [1.165, 1.54) is 0 Å². The maximum absolute atomic E-state index is 6.20. The highest BCUT2D eigenvalue weighted by molar-refractivity contribution is 5.85. The number of aromatic nitrogens is 1. The topological polar surface area (TPSA) is 66.6 Å². The van der Waals surface area contributed by atoms with Crippen LogP contribution in [0.3, 0.4) is 0 Å². The van der Waals surface area contributed by atoms with Crippen LogP contribution in [0.25, 0.3) is 11.1 Å². The van der Waals surface area contributed by atoms with Crippen molar-refractivity contribution in [1.82, 2.24) is 4.98 Å². The number of ether oxygens (including phenoxy) is 3. The highest BCUT2D eigenvalue weighted by atomic mass is 35.5. The molecule has 0 radical (unpaired) electrons. The first-order chi connectivity index (χ1) is 16.6. The van der Waals surface area contributed by atoms with Crippen molar-refractivity contribution in [3.05, 3.63) is 108 Å². The molecule has 0 saturated heterocycles. The molecule has 0 aliphatic rings. The Morgan fingerprint density at radius 1 is 0.743 bits per heavy atom. The van der Waals surface area contributed by atoms with E-state index in [4.69, 9.17) is 24.9 Å². The molecule has 0 aliphatic heterocycles. The number of pyridine rings is 1. The highest BCUT2D eigenvalue weighted by Crippen LogP contribution is 2.35. The van der Waals surface area contributed by atoms with Crippen LogP contribution in [0.1, 0.15) is 30.5 Å². The van der Waals surface area contributed by atoms with E-state index in [1.54, 1.807) is 0 Å². The maximum Gasteiger partial charge on any atom is 0.225 e. The van der Waals surface area contributed by atoms with Crippen LogP contribution in [0.2, 0.25) is 0 Å². The lowest BCUT2D eigenvalue weighted by molar-refractivity contribution is 0.242. The van der Waals surface area contributed by atoms with Crippen molar-refractivity contribution in [2.24, 2.45) is 5.73 Å². The van der Waals surface area contributed by atoms with Crippen molar-refractivity contribution in [2.75, 3.05) is 0 Å². The quantitative estimate of drug-likeness (QED) is 0.272. The molecular weight excluding hydrogens is 460 g/mol. The van der Waals surface area contributed by atoms with Gasteiger partial charge in [-0.25, -0.2) is 0 Å². The summed E-state index contributed by atoms with van der Waals surface area (Å²) < 4.78 is 18.0. The van der Waals surface area contributed by atoms with E-state index in [2.05, 4.69) is 0 Å². The predicted octanol–water partition coefficient (Wildman–Crippen LogP) is 6.57. The molecule has 182 valence electrons. The van der Waals surface area contributed by atoms with Gasteiger partial charge in [-0.2, -0.15) is 4.98 Å². The standard InChI is InChI=1S/C29H30N2O3.ClH/c1-21(2)34-25-13-14-26(24(17-25)18-30)27-15-16-28(32-19-22-9-5-3-6-10-22)31-29(27)33-20-23-11-7-4-8-12-23;/h3-17,21H,18-20,30H2,1-2H3;1H. The molecule has 4 rings (SSSR count). The Morgan fingerprint density at radius 3 is 1.94 bits per heavy atom. The second kappa shape index (κ2) is 12.8. The smallest absolute Gasteiger partial charge is 0.225 e. The van der Waals surface area contributed by atoms with Crippen LogP contribution in [0.5, 0.6) is 17.5 Å². The molecule has 5 nitrogen and oxygen atoms in total. The number of benzene rings is 3. The van der Waals surface area contributed by atoms with Gasteiger partial charge in [0.1, 0.15) is 19.0 Å². The fraction of sp³-hybridized carbons (Fsp3) is 0.207.